The second-order valence-corrected chi connectivity index (χ2v) is 6.37. The summed E-state index contributed by atoms with van der Waals surface area (Å²) in [4.78, 5) is 26.0. The number of halogens is 1. The molecule has 0 unspecified atom stereocenters. The molecule has 2 rings (SSSR count). The number of carboxylic acid groups (broad SMARTS) is 1. The number of carbonyl (C=O) groups excluding carboxylic acids is 1. The molecule has 26 heavy (non-hydrogen) atoms. The summed E-state index contributed by atoms with van der Waals surface area (Å²) in [7, 11) is 0. The second-order valence-electron chi connectivity index (χ2n) is 5.93. The lowest BCUT2D eigenvalue weighted by Gasteiger charge is -2.26. The smallest absolute Gasteiger partial charge is 0.335 e. The van der Waals surface area contributed by atoms with Crippen molar-refractivity contribution in [2.75, 3.05) is 23.3 Å². The van der Waals surface area contributed by atoms with Crippen molar-refractivity contribution in [3.05, 3.63) is 58.6 Å². The van der Waals surface area contributed by atoms with Crippen molar-refractivity contribution >= 4 is 34.9 Å². The van der Waals surface area contributed by atoms with Gasteiger partial charge in [0, 0.05) is 23.7 Å². The topological polar surface area (TPSA) is 69.6 Å². The molecule has 2 aromatic rings. The highest BCUT2D eigenvalue weighted by Crippen LogP contribution is 2.28. The van der Waals surface area contributed by atoms with E-state index in [0.29, 0.717) is 16.3 Å². The fourth-order valence-electron chi connectivity index (χ4n) is 2.67. The van der Waals surface area contributed by atoms with E-state index in [9.17, 15) is 14.7 Å². The Bertz CT molecular complexity index is 792. The molecule has 0 radical (unpaired) electrons. The van der Waals surface area contributed by atoms with E-state index in [4.69, 9.17) is 11.6 Å². The minimum atomic E-state index is -1.04. The van der Waals surface area contributed by atoms with E-state index in [0.717, 1.165) is 31.6 Å². The van der Waals surface area contributed by atoms with Crippen LogP contribution < -0.4 is 10.2 Å². The summed E-state index contributed by atoms with van der Waals surface area (Å²) in [5.41, 5.74) is 1.83. The lowest BCUT2D eigenvalue weighted by molar-refractivity contribution is 0.0696. The molecule has 2 aromatic carbocycles. The zero-order chi connectivity index (χ0) is 19.1. The number of carboxylic acids is 1. The van der Waals surface area contributed by atoms with Crippen molar-refractivity contribution in [1.82, 2.24) is 0 Å². The van der Waals surface area contributed by atoms with Gasteiger partial charge in [0.25, 0.3) is 5.91 Å². The number of hydrogen-bond acceptors (Lipinski definition) is 3. The van der Waals surface area contributed by atoms with Gasteiger partial charge in [-0.05, 0) is 49.7 Å². The first-order valence-electron chi connectivity index (χ1n) is 8.65. The number of aromatic carboxylic acids is 1. The van der Waals surface area contributed by atoms with Gasteiger partial charge in [0.2, 0.25) is 0 Å². The summed E-state index contributed by atoms with van der Waals surface area (Å²) < 4.78 is 0. The van der Waals surface area contributed by atoms with Gasteiger partial charge < -0.3 is 15.3 Å². The van der Waals surface area contributed by atoms with Crippen LogP contribution in [0.25, 0.3) is 0 Å². The van der Waals surface area contributed by atoms with Gasteiger partial charge in [-0.25, -0.2) is 4.79 Å². The molecule has 0 atom stereocenters. The number of benzene rings is 2. The number of nitrogens with one attached hydrogen (secondary N) is 1. The standard InChI is InChI=1S/C20H23ClN2O3/c1-3-5-11-23(4-2)18-10-9-15(20(25)26)13-17(18)22-19(24)14-7-6-8-16(21)12-14/h6-10,12-13H,3-5,11H2,1-2H3,(H,22,24)(H,25,26). The largest absolute Gasteiger partial charge is 0.478 e. The zero-order valence-electron chi connectivity index (χ0n) is 15.0. The van der Waals surface area contributed by atoms with Crippen LogP contribution in [-0.2, 0) is 0 Å². The number of nitrogens with zero attached hydrogens (tertiary/aromatic N) is 1. The van der Waals surface area contributed by atoms with Crippen molar-refractivity contribution in [3.63, 3.8) is 0 Å². The SMILES string of the molecule is CCCCN(CC)c1ccc(C(=O)O)cc1NC(=O)c1cccc(Cl)c1. The Morgan fingerprint density at radius 2 is 1.88 bits per heavy atom. The number of hydrogen-bond donors (Lipinski definition) is 2. The highest BCUT2D eigenvalue weighted by atomic mass is 35.5. The second kappa shape index (κ2) is 9.25. The average molecular weight is 375 g/mol. The van der Waals surface area contributed by atoms with Crippen molar-refractivity contribution in [3.8, 4) is 0 Å². The molecule has 0 saturated heterocycles. The van der Waals surface area contributed by atoms with Gasteiger partial charge in [0.15, 0.2) is 0 Å². The third-order valence-electron chi connectivity index (χ3n) is 4.08. The fraction of sp³-hybridized carbons (Fsp3) is 0.300. The summed E-state index contributed by atoms with van der Waals surface area (Å²) >= 11 is 5.95. The Labute approximate surface area is 158 Å². The maximum atomic E-state index is 12.6. The molecule has 0 aromatic heterocycles. The van der Waals surface area contributed by atoms with Crippen molar-refractivity contribution in [1.29, 1.82) is 0 Å². The average Bonchev–Trinajstić information content (AvgIpc) is 2.63. The maximum Gasteiger partial charge on any atom is 0.335 e. The summed E-state index contributed by atoms with van der Waals surface area (Å²) in [6.45, 7) is 5.73. The molecule has 1 amide bonds. The van der Waals surface area contributed by atoms with Gasteiger partial charge >= 0.3 is 5.97 Å². The van der Waals surface area contributed by atoms with Gasteiger partial charge in [0.1, 0.15) is 0 Å². The molecular weight excluding hydrogens is 352 g/mol. The molecule has 0 spiro atoms. The Kier molecular flexibility index (Phi) is 7.04. The first kappa shape index (κ1) is 19.8. The van der Waals surface area contributed by atoms with E-state index >= 15 is 0 Å². The van der Waals surface area contributed by atoms with Gasteiger partial charge in [-0.1, -0.05) is 31.0 Å². The molecule has 2 N–H and O–H groups in total. The molecule has 0 bridgehead atoms. The minimum Gasteiger partial charge on any atom is -0.478 e. The van der Waals surface area contributed by atoms with Crippen LogP contribution >= 0.6 is 11.6 Å². The molecule has 0 saturated carbocycles. The predicted molar refractivity (Wildman–Crippen MR) is 106 cm³/mol. The van der Waals surface area contributed by atoms with Crippen LogP contribution in [0.4, 0.5) is 11.4 Å². The van der Waals surface area contributed by atoms with Crippen LogP contribution in [0.3, 0.4) is 0 Å². The van der Waals surface area contributed by atoms with Crippen molar-refractivity contribution in [2.45, 2.75) is 26.7 Å². The van der Waals surface area contributed by atoms with E-state index in [1.807, 2.05) is 6.92 Å². The fourth-order valence-corrected chi connectivity index (χ4v) is 2.86. The van der Waals surface area contributed by atoms with Gasteiger partial charge in [-0.2, -0.15) is 0 Å². The molecule has 5 nitrogen and oxygen atoms in total. The lowest BCUT2D eigenvalue weighted by atomic mass is 10.1. The van der Waals surface area contributed by atoms with Crippen LogP contribution in [-0.4, -0.2) is 30.1 Å². The normalized spacial score (nSPS) is 10.4. The van der Waals surface area contributed by atoms with Gasteiger partial charge in [-0.3, -0.25) is 4.79 Å². The molecule has 0 aliphatic heterocycles. The zero-order valence-corrected chi connectivity index (χ0v) is 15.7. The molecule has 0 aliphatic carbocycles. The van der Waals surface area contributed by atoms with Crippen molar-refractivity contribution < 1.29 is 14.7 Å². The molecule has 138 valence electrons. The number of unbranched alkanes of at least 4 members (excludes halogenated alkanes) is 1. The Morgan fingerprint density at radius 1 is 1.12 bits per heavy atom. The number of rotatable bonds is 8. The molecule has 0 fully saturated rings. The quantitative estimate of drug-likeness (QED) is 0.688. The number of carbonyl (C=O) groups is 2. The summed E-state index contributed by atoms with van der Waals surface area (Å²) in [6.07, 6.45) is 2.06. The summed E-state index contributed by atoms with van der Waals surface area (Å²) in [5.74, 6) is -1.37. The third kappa shape index (κ3) is 4.99. The van der Waals surface area contributed by atoms with E-state index in [1.165, 1.54) is 6.07 Å². The first-order valence-corrected chi connectivity index (χ1v) is 9.03. The molecule has 0 aliphatic rings. The predicted octanol–water partition coefficient (Wildman–Crippen LogP) is 4.92. The highest BCUT2D eigenvalue weighted by Gasteiger charge is 2.16. The maximum absolute atomic E-state index is 12.6. The third-order valence-corrected chi connectivity index (χ3v) is 4.32. The Morgan fingerprint density at radius 3 is 2.50 bits per heavy atom. The van der Waals surface area contributed by atoms with Crippen LogP contribution in [0.15, 0.2) is 42.5 Å². The number of amides is 1. The van der Waals surface area contributed by atoms with Crippen LogP contribution in [0.5, 0.6) is 0 Å². The summed E-state index contributed by atoms with van der Waals surface area (Å²) in [6, 6.07) is 11.4. The van der Waals surface area contributed by atoms with Crippen LogP contribution in [0, 0.1) is 0 Å². The lowest BCUT2D eigenvalue weighted by Crippen LogP contribution is -2.26. The van der Waals surface area contributed by atoms with Crippen molar-refractivity contribution in [2.24, 2.45) is 0 Å². The van der Waals surface area contributed by atoms with E-state index in [1.54, 1.807) is 36.4 Å². The molecule has 6 heteroatoms. The monoisotopic (exact) mass is 374 g/mol. The minimum absolute atomic E-state index is 0.127. The van der Waals surface area contributed by atoms with E-state index in [-0.39, 0.29) is 11.5 Å². The highest BCUT2D eigenvalue weighted by molar-refractivity contribution is 6.31. The van der Waals surface area contributed by atoms with Gasteiger partial charge in [-0.15, -0.1) is 0 Å². The molecular formula is C20H23ClN2O3. The number of anilines is 2. The van der Waals surface area contributed by atoms with Crippen LogP contribution in [0.2, 0.25) is 5.02 Å². The van der Waals surface area contributed by atoms with Crippen LogP contribution in [0.1, 0.15) is 47.4 Å². The van der Waals surface area contributed by atoms with Gasteiger partial charge in [0.05, 0.1) is 16.9 Å². The Hall–Kier alpha value is -2.53. The Balaban J connectivity index is 2.37. The summed E-state index contributed by atoms with van der Waals surface area (Å²) in [5, 5.41) is 12.6. The first-order chi connectivity index (χ1) is 12.5. The molecule has 0 heterocycles. The van der Waals surface area contributed by atoms with E-state index in [2.05, 4.69) is 17.1 Å². The van der Waals surface area contributed by atoms with E-state index < -0.39 is 5.97 Å².